The van der Waals surface area contributed by atoms with Gasteiger partial charge in [-0.25, -0.2) is 4.68 Å². The molecule has 0 unspecified atom stereocenters. The summed E-state index contributed by atoms with van der Waals surface area (Å²) in [6.45, 7) is 7.07. The van der Waals surface area contributed by atoms with Crippen LogP contribution < -0.4 is 5.32 Å². The van der Waals surface area contributed by atoms with Gasteiger partial charge < -0.3 is 15.0 Å². The maximum absolute atomic E-state index is 13.1. The van der Waals surface area contributed by atoms with E-state index in [1.54, 1.807) is 11.3 Å². The van der Waals surface area contributed by atoms with E-state index in [-0.39, 0.29) is 18.1 Å². The van der Waals surface area contributed by atoms with Crippen molar-refractivity contribution >= 4 is 17.2 Å². The van der Waals surface area contributed by atoms with Gasteiger partial charge in [0.05, 0.1) is 24.4 Å². The highest BCUT2D eigenvalue weighted by molar-refractivity contribution is 7.07. The molecule has 7 nitrogen and oxygen atoms in total. The Labute approximate surface area is 157 Å². The van der Waals surface area contributed by atoms with Crippen molar-refractivity contribution in [3.05, 3.63) is 33.8 Å². The van der Waals surface area contributed by atoms with Crippen molar-refractivity contribution in [3.8, 4) is 0 Å². The average Bonchev–Trinajstić information content (AvgIpc) is 3.31. The van der Waals surface area contributed by atoms with Gasteiger partial charge in [-0.15, -0.1) is 5.10 Å². The van der Waals surface area contributed by atoms with Crippen molar-refractivity contribution < 1.29 is 9.53 Å². The van der Waals surface area contributed by atoms with Crippen LogP contribution in [0.5, 0.6) is 0 Å². The SMILES string of the molecule is Cc1c(C(=O)N2C[C@@H](C)O[C@H](c3ccsc3)C2)nnn1C1CCNCC1. The molecule has 4 heterocycles. The predicted octanol–water partition coefficient (Wildman–Crippen LogP) is 2.17. The minimum Gasteiger partial charge on any atom is -0.367 e. The highest BCUT2D eigenvalue weighted by Gasteiger charge is 2.33. The first-order valence-electron chi connectivity index (χ1n) is 9.23. The molecule has 2 saturated heterocycles. The highest BCUT2D eigenvalue weighted by atomic mass is 32.1. The Morgan fingerprint density at radius 3 is 2.88 bits per heavy atom. The third-order valence-electron chi connectivity index (χ3n) is 5.25. The fourth-order valence-electron chi connectivity index (χ4n) is 3.85. The number of hydrogen-bond donors (Lipinski definition) is 1. The van der Waals surface area contributed by atoms with Gasteiger partial charge in [0.1, 0.15) is 6.10 Å². The van der Waals surface area contributed by atoms with E-state index in [4.69, 9.17) is 4.74 Å². The lowest BCUT2D eigenvalue weighted by Crippen LogP contribution is -2.46. The molecule has 2 aliphatic rings. The number of carbonyl (C=O) groups excluding carboxylic acids is 1. The van der Waals surface area contributed by atoms with E-state index in [9.17, 15) is 4.79 Å². The monoisotopic (exact) mass is 375 g/mol. The summed E-state index contributed by atoms with van der Waals surface area (Å²) < 4.78 is 7.98. The number of amides is 1. The van der Waals surface area contributed by atoms with E-state index in [1.165, 1.54) is 0 Å². The zero-order chi connectivity index (χ0) is 18.1. The lowest BCUT2D eigenvalue weighted by molar-refractivity contribution is -0.0691. The van der Waals surface area contributed by atoms with E-state index in [0.29, 0.717) is 24.8 Å². The second-order valence-electron chi connectivity index (χ2n) is 7.15. The Kier molecular flexibility index (Phi) is 5.06. The van der Waals surface area contributed by atoms with Crippen LogP contribution in [-0.2, 0) is 4.74 Å². The number of aromatic nitrogens is 3. The van der Waals surface area contributed by atoms with Crippen molar-refractivity contribution in [2.45, 2.75) is 44.9 Å². The third-order valence-corrected chi connectivity index (χ3v) is 5.95. The first-order valence-corrected chi connectivity index (χ1v) is 10.2. The van der Waals surface area contributed by atoms with Crippen LogP contribution >= 0.6 is 11.3 Å². The van der Waals surface area contributed by atoms with Crippen LogP contribution in [0.4, 0.5) is 0 Å². The lowest BCUT2D eigenvalue weighted by atomic mass is 10.1. The molecule has 0 radical (unpaired) electrons. The smallest absolute Gasteiger partial charge is 0.276 e. The van der Waals surface area contributed by atoms with Crippen LogP contribution in [0.15, 0.2) is 16.8 Å². The average molecular weight is 375 g/mol. The molecule has 2 aromatic heterocycles. The number of piperidine rings is 1. The van der Waals surface area contributed by atoms with Crippen LogP contribution in [0.1, 0.15) is 53.7 Å². The first kappa shape index (κ1) is 17.6. The number of nitrogens with one attached hydrogen (secondary N) is 1. The molecule has 2 aromatic rings. The second kappa shape index (κ2) is 7.46. The molecule has 2 aliphatic heterocycles. The summed E-state index contributed by atoms with van der Waals surface area (Å²) in [5, 5.41) is 16.0. The van der Waals surface area contributed by atoms with Crippen molar-refractivity contribution in [1.82, 2.24) is 25.2 Å². The molecule has 140 valence electrons. The first-order chi connectivity index (χ1) is 12.6. The third kappa shape index (κ3) is 3.41. The zero-order valence-corrected chi connectivity index (χ0v) is 16.0. The number of thiophene rings is 1. The van der Waals surface area contributed by atoms with E-state index in [2.05, 4.69) is 27.1 Å². The molecule has 8 heteroatoms. The van der Waals surface area contributed by atoms with E-state index >= 15 is 0 Å². The minimum atomic E-state index is -0.0753. The molecule has 0 aliphatic carbocycles. The van der Waals surface area contributed by atoms with Gasteiger partial charge in [-0.05, 0) is 62.2 Å². The van der Waals surface area contributed by atoms with E-state index in [1.807, 2.05) is 28.8 Å². The Balaban J connectivity index is 1.52. The Bertz CT molecular complexity index is 754. The molecule has 1 N–H and O–H groups in total. The molecule has 2 fully saturated rings. The van der Waals surface area contributed by atoms with Gasteiger partial charge in [-0.3, -0.25) is 4.79 Å². The van der Waals surface area contributed by atoms with Crippen LogP contribution in [0, 0.1) is 6.92 Å². The van der Waals surface area contributed by atoms with Gasteiger partial charge in [0.15, 0.2) is 5.69 Å². The van der Waals surface area contributed by atoms with E-state index < -0.39 is 0 Å². The lowest BCUT2D eigenvalue weighted by Gasteiger charge is -2.36. The second-order valence-corrected chi connectivity index (χ2v) is 7.93. The van der Waals surface area contributed by atoms with Crippen molar-refractivity contribution in [2.24, 2.45) is 0 Å². The quantitative estimate of drug-likeness (QED) is 0.890. The van der Waals surface area contributed by atoms with Gasteiger partial charge in [0, 0.05) is 6.54 Å². The van der Waals surface area contributed by atoms with Crippen LogP contribution in [0.25, 0.3) is 0 Å². The zero-order valence-electron chi connectivity index (χ0n) is 15.2. The summed E-state index contributed by atoms with van der Waals surface area (Å²) >= 11 is 1.65. The fourth-order valence-corrected chi connectivity index (χ4v) is 4.55. The molecule has 4 rings (SSSR count). The van der Waals surface area contributed by atoms with Gasteiger partial charge in [0.2, 0.25) is 0 Å². The molecule has 2 atom stereocenters. The fraction of sp³-hybridized carbons (Fsp3) is 0.611. The van der Waals surface area contributed by atoms with Crippen LogP contribution in [0.3, 0.4) is 0 Å². The molecule has 0 saturated carbocycles. The minimum absolute atomic E-state index is 0.00244. The number of nitrogens with zero attached hydrogens (tertiary/aromatic N) is 4. The van der Waals surface area contributed by atoms with Crippen LogP contribution in [0.2, 0.25) is 0 Å². The summed E-state index contributed by atoms with van der Waals surface area (Å²) in [5.74, 6) is -0.0435. The van der Waals surface area contributed by atoms with Gasteiger partial charge in [-0.1, -0.05) is 5.21 Å². The highest BCUT2D eigenvalue weighted by Crippen LogP contribution is 2.28. The molecule has 0 aromatic carbocycles. The largest absolute Gasteiger partial charge is 0.367 e. The number of carbonyl (C=O) groups is 1. The summed E-state index contributed by atoms with van der Waals surface area (Å²) in [5.41, 5.74) is 2.48. The van der Waals surface area contributed by atoms with Crippen molar-refractivity contribution in [1.29, 1.82) is 0 Å². The topological polar surface area (TPSA) is 72.3 Å². The van der Waals surface area contributed by atoms with Gasteiger partial charge in [0.25, 0.3) is 5.91 Å². The standard InChI is InChI=1S/C18H25N5O2S/c1-12-9-22(10-16(25-12)14-5-8-26-11-14)18(24)17-13(2)23(21-20-17)15-3-6-19-7-4-15/h5,8,11-12,15-16,19H,3-4,6-7,9-10H2,1-2H3/t12-,16+/m1/s1. The molecule has 0 bridgehead atoms. The maximum Gasteiger partial charge on any atom is 0.276 e. The molecule has 1 amide bonds. The predicted molar refractivity (Wildman–Crippen MR) is 99.4 cm³/mol. The van der Waals surface area contributed by atoms with Crippen molar-refractivity contribution in [2.75, 3.05) is 26.2 Å². The molecule has 0 spiro atoms. The summed E-state index contributed by atoms with van der Waals surface area (Å²) in [6.07, 6.45) is 1.96. The summed E-state index contributed by atoms with van der Waals surface area (Å²) in [6, 6.07) is 2.39. The number of hydrogen-bond acceptors (Lipinski definition) is 6. The summed E-state index contributed by atoms with van der Waals surface area (Å²) in [7, 11) is 0. The molecular weight excluding hydrogens is 350 g/mol. The van der Waals surface area contributed by atoms with Crippen LogP contribution in [-0.4, -0.2) is 58.1 Å². The molecule has 26 heavy (non-hydrogen) atoms. The summed E-state index contributed by atoms with van der Waals surface area (Å²) in [4.78, 5) is 15.0. The van der Waals surface area contributed by atoms with E-state index in [0.717, 1.165) is 37.2 Å². The Hall–Kier alpha value is -1.77. The molecular formula is C18H25N5O2S. The van der Waals surface area contributed by atoms with Gasteiger partial charge >= 0.3 is 0 Å². The van der Waals surface area contributed by atoms with Gasteiger partial charge in [-0.2, -0.15) is 11.3 Å². The van der Waals surface area contributed by atoms with Crippen molar-refractivity contribution in [3.63, 3.8) is 0 Å². The normalized spacial score (nSPS) is 24.8. The number of morpholine rings is 1. The maximum atomic E-state index is 13.1. The number of rotatable bonds is 3. The number of ether oxygens (including phenoxy) is 1. The Morgan fingerprint density at radius 1 is 1.35 bits per heavy atom. The Morgan fingerprint density at radius 2 is 2.15 bits per heavy atom.